The van der Waals surface area contributed by atoms with Crippen LogP contribution in [0.15, 0.2) is 48.6 Å². The van der Waals surface area contributed by atoms with Gasteiger partial charge < -0.3 is 14.2 Å². The van der Waals surface area contributed by atoms with Crippen molar-refractivity contribution in [2.24, 2.45) is 0 Å². The summed E-state index contributed by atoms with van der Waals surface area (Å²) in [4.78, 5) is 38.3. The fourth-order valence-electron chi connectivity index (χ4n) is 9.99. The average molecular weight is 1070 g/mol. The van der Waals surface area contributed by atoms with Gasteiger partial charge in [0.15, 0.2) is 6.10 Å². The average Bonchev–Trinajstić information content (AvgIpc) is 3.42. The van der Waals surface area contributed by atoms with Gasteiger partial charge in [-0.05, 0) is 77.0 Å². The second-order valence-corrected chi connectivity index (χ2v) is 22.7. The Hall–Kier alpha value is -2.63. The van der Waals surface area contributed by atoms with Crippen LogP contribution in [0.3, 0.4) is 0 Å². The number of rotatable bonds is 62. The van der Waals surface area contributed by atoms with Crippen LogP contribution in [-0.4, -0.2) is 37.2 Å². The number of allylic oxidation sites excluding steroid dienone is 8. The highest BCUT2D eigenvalue weighted by molar-refractivity contribution is 5.71. The van der Waals surface area contributed by atoms with Crippen LogP contribution in [0.5, 0.6) is 0 Å². The minimum atomic E-state index is -0.776. The Bertz CT molecular complexity index is 1310. The van der Waals surface area contributed by atoms with E-state index in [-0.39, 0.29) is 31.1 Å². The topological polar surface area (TPSA) is 78.9 Å². The number of carbonyl (C=O) groups is 3. The lowest BCUT2D eigenvalue weighted by Gasteiger charge is -2.18. The molecule has 0 bridgehead atoms. The Morgan fingerprint density at radius 1 is 0.263 bits per heavy atom. The summed E-state index contributed by atoms with van der Waals surface area (Å²) in [5, 5.41) is 0. The molecule has 76 heavy (non-hydrogen) atoms. The third kappa shape index (κ3) is 62.2. The van der Waals surface area contributed by atoms with Crippen molar-refractivity contribution in [2.45, 2.75) is 367 Å². The third-order valence-electron chi connectivity index (χ3n) is 15.0. The highest BCUT2D eigenvalue weighted by Crippen LogP contribution is 2.18. The van der Waals surface area contributed by atoms with Crippen molar-refractivity contribution >= 4 is 17.9 Å². The Morgan fingerprint density at radius 2 is 0.500 bits per heavy atom. The zero-order chi connectivity index (χ0) is 55.0. The zero-order valence-electron chi connectivity index (χ0n) is 51.0. The standard InChI is InChI=1S/C70H128O6/c1-4-7-10-13-16-19-22-25-27-29-30-31-32-33-34-35-36-37-38-39-40-41-43-45-48-51-54-57-60-63-69(72)75-66-67(65-74-68(71)62-59-56-53-50-47-44-24-21-18-15-12-9-6-3)76-70(73)64-61-58-55-52-49-46-42-28-26-23-20-17-14-11-8-5-2/h12,15,21-22,24-25,29-30,67H,4-11,13-14,16-20,23,26-28,31-66H2,1-3H3/b15-12-,24-21-,25-22-,30-29-. The van der Waals surface area contributed by atoms with Gasteiger partial charge in [0, 0.05) is 19.3 Å². The van der Waals surface area contributed by atoms with Crippen LogP contribution in [0.4, 0.5) is 0 Å². The molecule has 0 aromatic carbocycles. The van der Waals surface area contributed by atoms with Gasteiger partial charge in [-0.15, -0.1) is 0 Å². The lowest BCUT2D eigenvalue weighted by molar-refractivity contribution is -0.167. The van der Waals surface area contributed by atoms with E-state index in [0.29, 0.717) is 19.3 Å². The molecule has 6 nitrogen and oxygen atoms in total. The van der Waals surface area contributed by atoms with E-state index in [2.05, 4.69) is 69.4 Å². The van der Waals surface area contributed by atoms with E-state index in [1.54, 1.807) is 0 Å². The molecule has 1 unspecified atom stereocenters. The van der Waals surface area contributed by atoms with Gasteiger partial charge in [0.05, 0.1) is 0 Å². The Labute approximate surface area is 473 Å². The highest BCUT2D eigenvalue weighted by atomic mass is 16.6. The summed E-state index contributed by atoms with van der Waals surface area (Å²) in [6.07, 6.45) is 81.4. The fraction of sp³-hybridized carbons (Fsp3) is 0.843. The first-order chi connectivity index (χ1) is 37.5. The maximum Gasteiger partial charge on any atom is 0.306 e. The first-order valence-corrected chi connectivity index (χ1v) is 33.6. The molecule has 0 fully saturated rings. The summed E-state index contributed by atoms with van der Waals surface area (Å²) < 4.78 is 16.9. The van der Waals surface area contributed by atoms with Gasteiger partial charge >= 0.3 is 17.9 Å². The molecule has 1 atom stereocenters. The first-order valence-electron chi connectivity index (χ1n) is 33.6. The Kier molecular flexibility index (Phi) is 62.6. The summed E-state index contributed by atoms with van der Waals surface area (Å²) in [5.41, 5.74) is 0. The minimum absolute atomic E-state index is 0.0728. The molecule has 0 rings (SSSR count). The highest BCUT2D eigenvalue weighted by Gasteiger charge is 2.19. The summed E-state index contributed by atoms with van der Waals surface area (Å²) in [6.45, 7) is 6.61. The number of hydrogen-bond donors (Lipinski definition) is 0. The van der Waals surface area contributed by atoms with Gasteiger partial charge in [-0.1, -0.05) is 313 Å². The van der Waals surface area contributed by atoms with E-state index >= 15 is 0 Å². The van der Waals surface area contributed by atoms with Crippen LogP contribution < -0.4 is 0 Å². The first kappa shape index (κ1) is 73.4. The molecule has 0 saturated carbocycles. The van der Waals surface area contributed by atoms with Gasteiger partial charge in [-0.3, -0.25) is 14.4 Å². The molecular weight excluding hydrogens is 937 g/mol. The van der Waals surface area contributed by atoms with Crippen LogP contribution in [0.1, 0.15) is 361 Å². The summed E-state index contributed by atoms with van der Waals surface area (Å²) >= 11 is 0. The number of hydrogen-bond acceptors (Lipinski definition) is 6. The fourth-order valence-corrected chi connectivity index (χ4v) is 9.99. The number of ether oxygens (including phenoxy) is 3. The predicted molar refractivity (Wildman–Crippen MR) is 330 cm³/mol. The smallest absolute Gasteiger partial charge is 0.306 e. The number of esters is 3. The van der Waals surface area contributed by atoms with E-state index in [1.165, 1.54) is 231 Å². The van der Waals surface area contributed by atoms with Crippen molar-refractivity contribution < 1.29 is 28.6 Å². The van der Waals surface area contributed by atoms with Crippen molar-refractivity contribution in [3.63, 3.8) is 0 Å². The molecule has 0 aliphatic heterocycles. The van der Waals surface area contributed by atoms with E-state index in [9.17, 15) is 14.4 Å². The van der Waals surface area contributed by atoms with E-state index in [0.717, 1.165) is 89.9 Å². The summed E-state index contributed by atoms with van der Waals surface area (Å²) in [6, 6.07) is 0. The molecule has 0 N–H and O–H groups in total. The van der Waals surface area contributed by atoms with Gasteiger partial charge in [-0.25, -0.2) is 0 Å². The number of carbonyl (C=O) groups excluding carboxylic acids is 3. The lowest BCUT2D eigenvalue weighted by atomic mass is 10.0. The second-order valence-electron chi connectivity index (χ2n) is 22.7. The van der Waals surface area contributed by atoms with Crippen LogP contribution in [0, 0.1) is 0 Å². The normalized spacial score (nSPS) is 12.3. The molecular formula is C70H128O6. The predicted octanol–water partition coefficient (Wildman–Crippen LogP) is 22.9. The van der Waals surface area contributed by atoms with Gasteiger partial charge in [0.25, 0.3) is 0 Å². The molecule has 0 radical (unpaired) electrons. The third-order valence-corrected chi connectivity index (χ3v) is 15.0. The molecule has 0 heterocycles. The monoisotopic (exact) mass is 1060 g/mol. The van der Waals surface area contributed by atoms with Crippen molar-refractivity contribution in [1.82, 2.24) is 0 Å². The maximum atomic E-state index is 12.9. The zero-order valence-corrected chi connectivity index (χ0v) is 51.0. The Balaban J connectivity index is 4.18. The molecule has 0 aromatic heterocycles. The van der Waals surface area contributed by atoms with Gasteiger partial charge in [-0.2, -0.15) is 0 Å². The Morgan fingerprint density at radius 3 is 0.776 bits per heavy atom. The molecule has 444 valence electrons. The molecule has 0 aliphatic rings. The quantitative estimate of drug-likeness (QED) is 0.0261. The van der Waals surface area contributed by atoms with Crippen LogP contribution in [-0.2, 0) is 28.6 Å². The van der Waals surface area contributed by atoms with Crippen molar-refractivity contribution in [3.05, 3.63) is 48.6 Å². The lowest BCUT2D eigenvalue weighted by Crippen LogP contribution is -2.30. The van der Waals surface area contributed by atoms with E-state index < -0.39 is 6.10 Å². The van der Waals surface area contributed by atoms with Crippen molar-refractivity contribution in [1.29, 1.82) is 0 Å². The van der Waals surface area contributed by atoms with Crippen molar-refractivity contribution in [3.8, 4) is 0 Å². The maximum absolute atomic E-state index is 12.9. The molecule has 0 amide bonds. The second kappa shape index (κ2) is 64.9. The van der Waals surface area contributed by atoms with Gasteiger partial charge in [0.2, 0.25) is 0 Å². The van der Waals surface area contributed by atoms with Gasteiger partial charge in [0.1, 0.15) is 13.2 Å². The molecule has 6 heteroatoms. The summed E-state index contributed by atoms with van der Waals surface area (Å²) in [5.74, 6) is -0.864. The van der Waals surface area contributed by atoms with E-state index in [4.69, 9.17) is 14.2 Å². The van der Waals surface area contributed by atoms with Crippen molar-refractivity contribution in [2.75, 3.05) is 13.2 Å². The van der Waals surface area contributed by atoms with E-state index in [1.807, 2.05) is 0 Å². The minimum Gasteiger partial charge on any atom is -0.462 e. The molecule has 0 aromatic rings. The largest absolute Gasteiger partial charge is 0.462 e. The summed E-state index contributed by atoms with van der Waals surface area (Å²) in [7, 11) is 0. The van der Waals surface area contributed by atoms with Crippen LogP contribution in [0.2, 0.25) is 0 Å². The SMILES string of the molecule is CCC/C=C\C/C=C\CCCCCCCC(=O)OCC(COC(=O)CCCCCCCCCCCCCCCCCCC/C=C\C/C=C\CCCCCCC)OC(=O)CCCCCCCCCCCCCCCCCC. The molecule has 0 saturated heterocycles. The van der Waals surface area contributed by atoms with Crippen LogP contribution in [0.25, 0.3) is 0 Å². The van der Waals surface area contributed by atoms with Crippen LogP contribution >= 0.6 is 0 Å². The number of unbranched alkanes of at least 4 members (excludes halogenated alkanes) is 43. The molecule has 0 spiro atoms. The molecule has 0 aliphatic carbocycles.